The molecular formula is C34H39N3O2. The molecule has 4 aromatic carbocycles. The Hall–Kier alpha value is -3.64. The van der Waals surface area contributed by atoms with Gasteiger partial charge in [-0.15, -0.1) is 0 Å². The number of rotatable bonds is 13. The SMILES string of the molecule is CCN(CC)C[C@@H](O)CO[C@@H](CN(c1ccccc1)c1ccccc1)Cn1c2ccccc2c2ccccc21. The maximum absolute atomic E-state index is 10.9. The molecule has 0 aliphatic heterocycles. The predicted octanol–water partition coefficient (Wildman–Crippen LogP) is 6.72. The van der Waals surface area contributed by atoms with Crippen molar-refractivity contribution in [3.63, 3.8) is 0 Å². The number of aliphatic hydroxyl groups is 1. The van der Waals surface area contributed by atoms with E-state index in [0.717, 1.165) is 24.5 Å². The minimum Gasteiger partial charge on any atom is -0.389 e. The Balaban J connectivity index is 1.49. The van der Waals surface area contributed by atoms with Crippen LogP contribution in [0.15, 0.2) is 109 Å². The van der Waals surface area contributed by atoms with E-state index in [4.69, 9.17) is 4.74 Å². The number of nitrogens with zero attached hydrogens (tertiary/aromatic N) is 3. The molecule has 0 amide bonds. The van der Waals surface area contributed by atoms with Crippen LogP contribution in [0.4, 0.5) is 11.4 Å². The number of benzene rings is 4. The molecule has 1 aromatic heterocycles. The third kappa shape index (κ3) is 6.34. The van der Waals surface area contributed by atoms with Gasteiger partial charge in [0, 0.05) is 39.7 Å². The van der Waals surface area contributed by atoms with Gasteiger partial charge in [0.25, 0.3) is 0 Å². The van der Waals surface area contributed by atoms with Crippen LogP contribution >= 0.6 is 0 Å². The number of ether oxygens (including phenoxy) is 1. The summed E-state index contributed by atoms with van der Waals surface area (Å²) in [6.07, 6.45) is -0.719. The van der Waals surface area contributed by atoms with Crippen molar-refractivity contribution in [3.8, 4) is 0 Å². The fourth-order valence-corrected chi connectivity index (χ4v) is 5.43. The molecule has 1 N–H and O–H groups in total. The summed E-state index contributed by atoms with van der Waals surface area (Å²) < 4.78 is 8.97. The molecule has 0 unspecified atom stereocenters. The van der Waals surface area contributed by atoms with Crippen LogP contribution in [0.1, 0.15) is 13.8 Å². The standard InChI is InChI=1S/C34H39N3O2/c1-3-35(4-2)23-29(38)26-39-30(24-36(27-15-7-5-8-16-27)28-17-9-6-10-18-28)25-37-33-21-13-11-19-31(33)32-20-12-14-22-34(32)37/h5-22,29-30,38H,3-4,23-26H2,1-2H3/t29-,30+/m1/s1. The van der Waals surface area contributed by atoms with E-state index in [1.165, 1.54) is 21.8 Å². The zero-order valence-corrected chi connectivity index (χ0v) is 23.0. The van der Waals surface area contributed by atoms with E-state index in [1.807, 2.05) is 12.1 Å². The fraction of sp³-hybridized carbons (Fsp3) is 0.294. The number of likely N-dealkylation sites (N-methyl/N-ethyl adjacent to an activating group) is 1. The van der Waals surface area contributed by atoms with E-state index >= 15 is 0 Å². The molecular weight excluding hydrogens is 482 g/mol. The zero-order chi connectivity index (χ0) is 27.0. The Morgan fingerprint density at radius 1 is 0.667 bits per heavy atom. The molecule has 0 aliphatic rings. The molecule has 202 valence electrons. The summed E-state index contributed by atoms with van der Waals surface area (Å²) in [5.41, 5.74) is 4.62. The van der Waals surface area contributed by atoms with Crippen molar-refractivity contribution < 1.29 is 9.84 Å². The maximum atomic E-state index is 10.9. The van der Waals surface area contributed by atoms with E-state index in [2.05, 4.69) is 125 Å². The highest BCUT2D eigenvalue weighted by Crippen LogP contribution is 2.30. The van der Waals surface area contributed by atoms with Gasteiger partial charge in [-0.25, -0.2) is 0 Å². The number of para-hydroxylation sites is 4. The van der Waals surface area contributed by atoms with E-state index in [-0.39, 0.29) is 12.7 Å². The van der Waals surface area contributed by atoms with Gasteiger partial charge in [0.05, 0.1) is 31.9 Å². The molecule has 0 radical (unpaired) electrons. The molecule has 0 fully saturated rings. The molecule has 5 rings (SSSR count). The number of fused-ring (bicyclic) bond motifs is 3. The van der Waals surface area contributed by atoms with Crippen LogP contribution < -0.4 is 4.90 Å². The van der Waals surface area contributed by atoms with Gasteiger partial charge in [0.1, 0.15) is 0 Å². The molecule has 2 atom stereocenters. The van der Waals surface area contributed by atoms with E-state index in [1.54, 1.807) is 0 Å². The Morgan fingerprint density at radius 2 is 1.15 bits per heavy atom. The molecule has 0 bridgehead atoms. The first-order chi connectivity index (χ1) is 19.2. The minimum atomic E-state index is -0.549. The number of aliphatic hydroxyl groups excluding tert-OH is 1. The lowest BCUT2D eigenvalue weighted by Crippen LogP contribution is -2.39. The van der Waals surface area contributed by atoms with Gasteiger partial charge in [0.15, 0.2) is 0 Å². The molecule has 5 nitrogen and oxygen atoms in total. The summed E-state index contributed by atoms with van der Waals surface area (Å²) in [6.45, 7) is 8.28. The molecule has 0 aliphatic carbocycles. The van der Waals surface area contributed by atoms with Crippen LogP contribution in [0.3, 0.4) is 0 Å². The van der Waals surface area contributed by atoms with Crippen molar-refractivity contribution in [2.75, 3.05) is 37.7 Å². The normalized spacial score (nSPS) is 13.2. The van der Waals surface area contributed by atoms with Crippen LogP contribution in [0.25, 0.3) is 21.8 Å². The van der Waals surface area contributed by atoms with Crippen LogP contribution in [0, 0.1) is 0 Å². The first-order valence-corrected chi connectivity index (χ1v) is 14.0. The largest absolute Gasteiger partial charge is 0.389 e. The van der Waals surface area contributed by atoms with Crippen molar-refractivity contribution in [2.24, 2.45) is 0 Å². The lowest BCUT2D eigenvalue weighted by Gasteiger charge is -2.31. The fourth-order valence-electron chi connectivity index (χ4n) is 5.43. The summed E-state index contributed by atoms with van der Waals surface area (Å²) in [4.78, 5) is 4.55. The van der Waals surface area contributed by atoms with E-state index in [0.29, 0.717) is 19.6 Å². The lowest BCUT2D eigenvalue weighted by atomic mass is 10.2. The van der Waals surface area contributed by atoms with E-state index < -0.39 is 6.10 Å². The highest BCUT2D eigenvalue weighted by molar-refractivity contribution is 6.07. The van der Waals surface area contributed by atoms with Crippen molar-refractivity contribution in [1.29, 1.82) is 0 Å². The highest BCUT2D eigenvalue weighted by atomic mass is 16.5. The van der Waals surface area contributed by atoms with Crippen molar-refractivity contribution in [2.45, 2.75) is 32.6 Å². The molecule has 0 spiro atoms. The van der Waals surface area contributed by atoms with Gasteiger partial charge in [-0.3, -0.25) is 0 Å². The van der Waals surface area contributed by atoms with Crippen LogP contribution in [0.5, 0.6) is 0 Å². The maximum Gasteiger partial charge on any atom is 0.0934 e. The Labute approximate surface area is 231 Å². The Morgan fingerprint density at radius 3 is 1.67 bits per heavy atom. The monoisotopic (exact) mass is 521 g/mol. The van der Waals surface area contributed by atoms with Gasteiger partial charge in [-0.2, -0.15) is 0 Å². The third-order valence-corrected chi connectivity index (χ3v) is 7.48. The Bertz CT molecular complexity index is 1350. The van der Waals surface area contributed by atoms with Crippen LogP contribution in [-0.4, -0.2) is 59.6 Å². The second kappa shape index (κ2) is 12.9. The topological polar surface area (TPSA) is 40.9 Å². The van der Waals surface area contributed by atoms with Crippen LogP contribution in [-0.2, 0) is 11.3 Å². The third-order valence-electron chi connectivity index (χ3n) is 7.48. The number of anilines is 2. The molecule has 39 heavy (non-hydrogen) atoms. The zero-order valence-electron chi connectivity index (χ0n) is 23.0. The van der Waals surface area contributed by atoms with Crippen molar-refractivity contribution in [3.05, 3.63) is 109 Å². The average Bonchev–Trinajstić information content (AvgIpc) is 3.31. The van der Waals surface area contributed by atoms with Gasteiger partial charge in [0.2, 0.25) is 0 Å². The smallest absolute Gasteiger partial charge is 0.0934 e. The van der Waals surface area contributed by atoms with Crippen LogP contribution in [0.2, 0.25) is 0 Å². The summed E-state index contributed by atoms with van der Waals surface area (Å²) in [5, 5.41) is 13.4. The molecule has 5 aromatic rings. The van der Waals surface area contributed by atoms with Gasteiger partial charge in [-0.05, 0) is 49.5 Å². The molecule has 5 heteroatoms. The van der Waals surface area contributed by atoms with Crippen molar-refractivity contribution in [1.82, 2.24) is 9.47 Å². The number of aromatic nitrogens is 1. The second-order valence-corrected chi connectivity index (χ2v) is 10.0. The first-order valence-electron chi connectivity index (χ1n) is 14.0. The summed E-state index contributed by atoms with van der Waals surface area (Å²) in [5.74, 6) is 0. The lowest BCUT2D eigenvalue weighted by molar-refractivity contribution is -0.0217. The van der Waals surface area contributed by atoms with Crippen molar-refractivity contribution >= 4 is 33.2 Å². The Kier molecular flexibility index (Phi) is 8.94. The molecule has 0 saturated heterocycles. The first kappa shape index (κ1) is 26.9. The summed E-state index contributed by atoms with van der Waals surface area (Å²) in [6, 6.07) is 38.1. The molecule has 0 saturated carbocycles. The average molecular weight is 522 g/mol. The van der Waals surface area contributed by atoms with Gasteiger partial charge < -0.3 is 24.2 Å². The second-order valence-electron chi connectivity index (χ2n) is 10.0. The molecule has 1 heterocycles. The van der Waals surface area contributed by atoms with Gasteiger partial charge in [-0.1, -0.05) is 86.6 Å². The number of hydrogen-bond acceptors (Lipinski definition) is 4. The summed E-state index contributed by atoms with van der Waals surface area (Å²) >= 11 is 0. The minimum absolute atomic E-state index is 0.170. The summed E-state index contributed by atoms with van der Waals surface area (Å²) in [7, 11) is 0. The number of hydrogen-bond donors (Lipinski definition) is 1. The quantitative estimate of drug-likeness (QED) is 0.187. The highest BCUT2D eigenvalue weighted by Gasteiger charge is 2.22. The van der Waals surface area contributed by atoms with E-state index in [9.17, 15) is 5.11 Å². The predicted molar refractivity (Wildman–Crippen MR) is 163 cm³/mol. The van der Waals surface area contributed by atoms with Gasteiger partial charge >= 0.3 is 0 Å².